The first kappa shape index (κ1) is 6.85. The Labute approximate surface area is 66.2 Å². The standard InChI is InChI=1S/C8H13N3/c1-5-6(2)11-4-7(9)3-8(11)10-5/h7H,3-4,9H2,1-2H3. The number of aromatic nitrogens is 2. The van der Waals surface area contributed by atoms with Gasteiger partial charge >= 0.3 is 0 Å². The molecule has 0 radical (unpaired) electrons. The zero-order valence-electron chi connectivity index (χ0n) is 6.96. The van der Waals surface area contributed by atoms with Gasteiger partial charge in [-0.05, 0) is 13.8 Å². The summed E-state index contributed by atoms with van der Waals surface area (Å²) >= 11 is 0. The van der Waals surface area contributed by atoms with Gasteiger partial charge in [-0.15, -0.1) is 0 Å². The number of nitrogens with zero attached hydrogens (tertiary/aromatic N) is 2. The zero-order chi connectivity index (χ0) is 8.01. The Hall–Kier alpha value is -0.830. The lowest BCUT2D eigenvalue weighted by atomic mass is 10.2. The molecule has 0 aromatic carbocycles. The van der Waals surface area contributed by atoms with Crippen LogP contribution in [0.1, 0.15) is 17.2 Å². The molecule has 2 N–H and O–H groups in total. The molecular formula is C8H13N3. The molecule has 0 aliphatic carbocycles. The molecule has 0 saturated heterocycles. The van der Waals surface area contributed by atoms with Gasteiger partial charge in [-0.2, -0.15) is 0 Å². The van der Waals surface area contributed by atoms with Crippen molar-refractivity contribution in [2.24, 2.45) is 5.73 Å². The summed E-state index contributed by atoms with van der Waals surface area (Å²) in [6.07, 6.45) is 0.939. The minimum Gasteiger partial charge on any atom is -0.330 e. The number of aryl methyl sites for hydroxylation is 1. The van der Waals surface area contributed by atoms with E-state index in [2.05, 4.69) is 16.5 Å². The molecule has 0 spiro atoms. The van der Waals surface area contributed by atoms with E-state index in [4.69, 9.17) is 5.73 Å². The Morgan fingerprint density at radius 2 is 2.27 bits per heavy atom. The van der Waals surface area contributed by atoms with Crippen molar-refractivity contribution < 1.29 is 0 Å². The maximum absolute atomic E-state index is 5.79. The van der Waals surface area contributed by atoms with Gasteiger partial charge in [-0.25, -0.2) is 4.98 Å². The second kappa shape index (κ2) is 2.08. The molecule has 0 amide bonds. The van der Waals surface area contributed by atoms with Gasteiger partial charge in [0.2, 0.25) is 0 Å². The fraction of sp³-hybridized carbons (Fsp3) is 0.625. The zero-order valence-corrected chi connectivity index (χ0v) is 6.96. The molecule has 3 nitrogen and oxygen atoms in total. The monoisotopic (exact) mass is 151 g/mol. The van der Waals surface area contributed by atoms with Crippen LogP contribution in [0, 0.1) is 13.8 Å². The summed E-state index contributed by atoms with van der Waals surface area (Å²) in [5, 5.41) is 0. The quantitative estimate of drug-likeness (QED) is 0.582. The van der Waals surface area contributed by atoms with E-state index in [1.165, 1.54) is 5.69 Å². The van der Waals surface area contributed by atoms with Crippen LogP contribution in [0.15, 0.2) is 0 Å². The highest BCUT2D eigenvalue weighted by atomic mass is 15.1. The van der Waals surface area contributed by atoms with Crippen LogP contribution in [-0.2, 0) is 13.0 Å². The normalized spacial score (nSPS) is 22.3. The summed E-state index contributed by atoms with van der Waals surface area (Å²) in [6.45, 7) is 5.10. The molecule has 1 aromatic rings. The summed E-state index contributed by atoms with van der Waals surface area (Å²) in [6, 6.07) is 0.289. The van der Waals surface area contributed by atoms with E-state index in [1.54, 1.807) is 0 Å². The van der Waals surface area contributed by atoms with Crippen LogP contribution < -0.4 is 5.73 Å². The summed E-state index contributed by atoms with van der Waals surface area (Å²) in [5.74, 6) is 1.16. The van der Waals surface area contributed by atoms with Crippen LogP contribution in [0.5, 0.6) is 0 Å². The van der Waals surface area contributed by atoms with E-state index in [-0.39, 0.29) is 6.04 Å². The molecule has 2 rings (SSSR count). The van der Waals surface area contributed by atoms with Crippen LogP contribution in [0.3, 0.4) is 0 Å². The van der Waals surface area contributed by atoms with Crippen LogP contribution in [0.4, 0.5) is 0 Å². The van der Waals surface area contributed by atoms with Crippen LogP contribution >= 0.6 is 0 Å². The number of rotatable bonds is 0. The lowest BCUT2D eigenvalue weighted by Crippen LogP contribution is -2.21. The molecule has 1 unspecified atom stereocenters. The van der Waals surface area contributed by atoms with E-state index in [1.807, 2.05) is 6.92 Å². The molecule has 0 saturated carbocycles. The smallest absolute Gasteiger partial charge is 0.110 e. The lowest BCUT2D eigenvalue weighted by Gasteiger charge is -2.01. The summed E-state index contributed by atoms with van der Waals surface area (Å²) in [5.41, 5.74) is 8.20. The number of hydrogen-bond donors (Lipinski definition) is 1. The molecule has 1 aliphatic heterocycles. The van der Waals surface area contributed by atoms with Crippen LogP contribution in [0.2, 0.25) is 0 Å². The molecular weight excluding hydrogens is 138 g/mol. The largest absolute Gasteiger partial charge is 0.330 e. The highest BCUT2D eigenvalue weighted by molar-refractivity contribution is 5.17. The van der Waals surface area contributed by atoms with E-state index in [0.717, 1.165) is 24.5 Å². The van der Waals surface area contributed by atoms with Gasteiger partial charge in [-0.1, -0.05) is 0 Å². The minimum atomic E-state index is 0.289. The second-order valence-corrected chi connectivity index (χ2v) is 3.27. The SMILES string of the molecule is Cc1nc2n(c1C)CC(N)C2. The van der Waals surface area contributed by atoms with Gasteiger partial charge in [0.05, 0.1) is 5.69 Å². The first-order valence-corrected chi connectivity index (χ1v) is 3.96. The Kier molecular flexibility index (Phi) is 1.29. The van der Waals surface area contributed by atoms with Crippen molar-refractivity contribution >= 4 is 0 Å². The third kappa shape index (κ3) is 0.878. The Morgan fingerprint density at radius 1 is 1.55 bits per heavy atom. The first-order chi connectivity index (χ1) is 5.18. The fourth-order valence-corrected chi connectivity index (χ4v) is 1.66. The predicted octanol–water partition coefficient (Wildman–Crippen LogP) is 0.383. The molecule has 3 heteroatoms. The Bertz CT molecular complexity index is 288. The topological polar surface area (TPSA) is 43.8 Å². The highest BCUT2D eigenvalue weighted by Gasteiger charge is 2.21. The van der Waals surface area contributed by atoms with Gasteiger partial charge in [0, 0.05) is 24.7 Å². The first-order valence-electron chi connectivity index (χ1n) is 3.96. The van der Waals surface area contributed by atoms with Gasteiger partial charge in [0.1, 0.15) is 5.82 Å². The molecule has 60 valence electrons. The van der Waals surface area contributed by atoms with Crippen LogP contribution in [0.25, 0.3) is 0 Å². The maximum Gasteiger partial charge on any atom is 0.110 e. The Balaban J connectivity index is 2.48. The van der Waals surface area contributed by atoms with E-state index >= 15 is 0 Å². The molecule has 11 heavy (non-hydrogen) atoms. The van der Waals surface area contributed by atoms with E-state index < -0.39 is 0 Å². The second-order valence-electron chi connectivity index (χ2n) is 3.27. The molecule has 0 fully saturated rings. The molecule has 1 aliphatic rings. The molecule has 0 bridgehead atoms. The molecule has 1 aromatic heterocycles. The maximum atomic E-state index is 5.79. The van der Waals surface area contributed by atoms with Crippen molar-refractivity contribution in [2.45, 2.75) is 32.9 Å². The predicted molar refractivity (Wildman–Crippen MR) is 43.4 cm³/mol. The average Bonchev–Trinajstić information content (AvgIpc) is 2.37. The van der Waals surface area contributed by atoms with Crippen molar-refractivity contribution in [1.82, 2.24) is 9.55 Å². The lowest BCUT2D eigenvalue weighted by molar-refractivity contribution is 0.630. The van der Waals surface area contributed by atoms with Crippen molar-refractivity contribution in [3.8, 4) is 0 Å². The number of nitrogens with two attached hydrogens (primary N) is 1. The highest BCUT2D eigenvalue weighted by Crippen LogP contribution is 2.17. The van der Waals surface area contributed by atoms with Crippen LogP contribution in [-0.4, -0.2) is 15.6 Å². The van der Waals surface area contributed by atoms with E-state index in [9.17, 15) is 0 Å². The van der Waals surface area contributed by atoms with Crippen molar-refractivity contribution in [3.05, 3.63) is 17.2 Å². The minimum absolute atomic E-state index is 0.289. The third-order valence-electron chi connectivity index (χ3n) is 2.40. The average molecular weight is 151 g/mol. The number of hydrogen-bond acceptors (Lipinski definition) is 2. The van der Waals surface area contributed by atoms with Crippen molar-refractivity contribution in [3.63, 3.8) is 0 Å². The third-order valence-corrected chi connectivity index (χ3v) is 2.40. The number of fused-ring (bicyclic) bond motifs is 1. The van der Waals surface area contributed by atoms with Gasteiger partial charge in [-0.3, -0.25) is 0 Å². The summed E-state index contributed by atoms with van der Waals surface area (Å²) in [4.78, 5) is 4.42. The van der Waals surface area contributed by atoms with Crippen molar-refractivity contribution in [1.29, 1.82) is 0 Å². The van der Waals surface area contributed by atoms with Gasteiger partial charge in [0.15, 0.2) is 0 Å². The van der Waals surface area contributed by atoms with Crippen molar-refractivity contribution in [2.75, 3.05) is 0 Å². The fourth-order valence-electron chi connectivity index (χ4n) is 1.66. The molecule has 2 heterocycles. The number of imidazole rings is 1. The van der Waals surface area contributed by atoms with E-state index in [0.29, 0.717) is 0 Å². The summed E-state index contributed by atoms with van der Waals surface area (Å²) < 4.78 is 2.22. The molecule has 1 atom stereocenters. The van der Waals surface area contributed by atoms with Gasteiger partial charge < -0.3 is 10.3 Å². The summed E-state index contributed by atoms with van der Waals surface area (Å²) in [7, 11) is 0. The Morgan fingerprint density at radius 3 is 2.91 bits per heavy atom. The van der Waals surface area contributed by atoms with Gasteiger partial charge in [0.25, 0.3) is 0 Å².